The molecular formula is C24H22N6O3S. The number of amides is 1. The molecule has 34 heavy (non-hydrogen) atoms. The van der Waals surface area contributed by atoms with Gasteiger partial charge in [-0.15, -0.1) is 11.8 Å². The van der Waals surface area contributed by atoms with Crippen LogP contribution in [0.1, 0.15) is 16.1 Å². The highest BCUT2D eigenvalue weighted by Crippen LogP contribution is 2.31. The zero-order valence-corrected chi connectivity index (χ0v) is 19.2. The lowest BCUT2D eigenvalue weighted by molar-refractivity contribution is 0.0303. The number of morpholine rings is 1. The van der Waals surface area contributed by atoms with Crippen LogP contribution in [0.25, 0.3) is 28.1 Å². The van der Waals surface area contributed by atoms with Gasteiger partial charge >= 0.3 is 0 Å². The van der Waals surface area contributed by atoms with Crippen molar-refractivity contribution in [3.05, 3.63) is 66.2 Å². The Balaban J connectivity index is 0.00000274. The van der Waals surface area contributed by atoms with Crippen molar-refractivity contribution in [2.45, 2.75) is 4.90 Å². The van der Waals surface area contributed by atoms with Crippen LogP contribution in [-0.2, 0) is 4.74 Å². The van der Waals surface area contributed by atoms with Gasteiger partial charge < -0.3 is 15.1 Å². The molecule has 3 aromatic heterocycles. The van der Waals surface area contributed by atoms with E-state index in [1.807, 2.05) is 52.3 Å². The lowest BCUT2D eigenvalue weighted by Gasteiger charge is -2.26. The summed E-state index contributed by atoms with van der Waals surface area (Å²) in [5.74, 6) is 0.495. The number of carbonyl (C=O) groups is 1. The van der Waals surface area contributed by atoms with Crippen molar-refractivity contribution in [1.82, 2.24) is 24.4 Å². The zero-order chi connectivity index (χ0) is 22.8. The molecule has 0 radical (unpaired) electrons. The maximum atomic E-state index is 13.0. The Kier molecular flexibility index (Phi) is 6.88. The molecule has 1 aliphatic rings. The van der Waals surface area contributed by atoms with Crippen LogP contribution < -0.4 is 0 Å². The summed E-state index contributed by atoms with van der Waals surface area (Å²) in [6.45, 7) is 2.32. The second-order valence-electron chi connectivity index (χ2n) is 7.50. The summed E-state index contributed by atoms with van der Waals surface area (Å²) in [6, 6.07) is 13.1. The first-order valence-electron chi connectivity index (χ1n) is 10.4. The molecule has 172 valence electrons. The molecule has 0 atom stereocenters. The Labute approximate surface area is 200 Å². The third-order valence-electron chi connectivity index (χ3n) is 5.55. The highest BCUT2D eigenvalue weighted by atomic mass is 32.2. The average Bonchev–Trinajstić information content (AvgIpc) is 3.27. The fraction of sp³-hybridized carbons (Fsp3) is 0.208. The SMILES string of the molecule is CSc1cn(-c2ncc(-c3cccc(C#N)n3)cn2)c2cc(C(=O)N3CCOCC3)ccc12.O. The fourth-order valence-corrected chi connectivity index (χ4v) is 4.44. The Morgan fingerprint density at radius 1 is 1.15 bits per heavy atom. The lowest BCUT2D eigenvalue weighted by Crippen LogP contribution is -2.40. The fourth-order valence-electron chi connectivity index (χ4n) is 3.84. The second kappa shape index (κ2) is 10.0. The van der Waals surface area contributed by atoms with Crippen molar-refractivity contribution in [3.63, 3.8) is 0 Å². The molecule has 2 N–H and O–H groups in total. The van der Waals surface area contributed by atoms with Gasteiger partial charge in [-0.1, -0.05) is 12.1 Å². The molecule has 4 heterocycles. The Hall–Kier alpha value is -3.78. The number of ether oxygens (including phenoxy) is 1. The summed E-state index contributed by atoms with van der Waals surface area (Å²) in [5, 5.41) is 10.1. The molecule has 0 aliphatic carbocycles. The lowest BCUT2D eigenvalue weighted by atomic mass is 10.1. The number of nitrogens with zero attached hydrogens (tertiary/aromatic N) is 6. The number of carbonyl (C=O) groups excluding carboxylic acids is 1. The molecule has 5 rings (SSSR count). The third-order valence-corrected chi connectivity index (χ3v) is 6.31. The van der Waals surface area contributed by atoms with E-state index < -0.39 is 0 Å². The molecule has 0 spiro atoms. The van der Waals surface area contributed by atoms with Gasteiger partial charge in [0.25, 0.3) is 5.91 Å². The molecule has 1 aliphatic heterocycles. The minimum absolute atomic E-state index is 0. The highest BCUT2D eigenvalue weighted by Gasteiger charge is 2.20. The number of thioether (sulfide) groups is 1. The first kappa shape index (κ1) is 23.4. The summed E-state index contributed by atoms with van der Waals surface area (Å²) >= 11 is 1.63. The molecule has 1 saturated heterocycles. The van der Waals surface area contributed by atoms with Gasteiger partial charge in [-0.05, 0) is 30.5 Å². The number of hydrogen-bond donors (Lipinski definition) is 0. The number of aromatic nitrogens is 4. The zero-order valence-electron chi connectivity index (χ0n) is 18.4. The molecule has 1 fully saturated rings. The summed E-state index contributed by atoms with van der Waals surface area (Å²) in [4.78, 5) is 29.3. The van der Waals surface area contributed by atoms with Crippen LogP contribution in [0.4, 0.5) is 0 Å². The Morgan fingerprint density at radius 3 is 2.62 bits per heavy atom. The smallest absolute Gasteiger partial charge is 0.254 e. The van der Waals surface area contributed by atoms with Crippen molar-refractivity contribution in [1.29, 1.82) is 5.26 Å². The standard InChI is InChI=1S/C24H20N6O2S.H2O/c1-33-22-15-30(24-26-13-17(14-27-24)20-4-2-3-18(12-25)28-20)21-11-16(5-6-19(21)22)23(31)29-7-9-32-10-8-29;/h2-6,11,13-15H,7-10H2,1H3;1H2. The molecule has 1 amide bonds. The summed E-state index contributed by atoms with van der Waals surface area (Å²) in [5.41, 5.74) is 3.21. The van der Waals surface area contributed by atoms with Crippen LogP contribution in [0.5, 0.6) is 0 Å². The number of rotatable bonds is 4. The van der Waals surface area contributed by atoms with Crippen molar-refractivity contribution in [2.24, 2.45) is 0 Å². The molecule has 9 nitrogen and oxygen atoms in total. The molecule has 0 unspecified atom stereocenters. The highest BCUT2D eigenvalue weighted by molar-refractivity contribution is 7.98. The third kappa shape index (κ3) is 4.36. The topological polar surface area (TPSA) is 128 Å². The Morgan fingerprint density at radius 2 is 1.91 bits per heavy atom. The number of benzene rings is 1. The van der Waals surface area contributed by atoms with E-state index in [-0.39, 0.29) is 11.4 Å². The molecule has 0 saturated carbocycles. The van der Waals surface area contributed by atoms with E-state index in [4.69, 9.17) is 10.00 Å². The van der Waals surface area contributed by atoms with Gasteiger partial charge in [0, 0.05) is 53.1 Å². The first-order chi connectivity index (χ1) is 16.2. The maximum absolute atomic E-state index is 13.0. The largest absolute Gasteiger partial charge is 0.412 e. The van der Waals surface area contributed by atoms with Gasteiger partial charge in [-0.25, -0.2) is 15.0 Å². The van der Waals surface area contributed by atoms with E-state index in [1.165, 1.54) is 0 Å². The molecule has 0 bridgehead atoms. The van der Waals surface area contributed by atoms with Crippen LogP contribution in [0.2, 0.25) is 0 Å². The van der Waals surface area contributed by atoms with Crippen LogP contribution in [0.15, 0.2) is 59.9 Å². The van der Waals surface area contributed by atoms with Gasteiger partial charge in [0.1, 0.15) is 11.8 Å². The van der Waals surface area contributed by atoms with E-state index in [2.05, 4.69) is 15.0 Å². The number of nitriles is 1. The van der Waals surface area contributed by atoms with Gasteiger partial charge in [-0.3, -0.25) is 9.36 Å². The maximum Gasteiger partial charge on any atom is 0.254 e. The van der Waals surface area contributed by atoms with E-state index >= 15 is 0 Å². The number of fused-ring (bicyclic) bond motifs is 1. The monoisotopic (exact) mass is 474 g/mol. The second-order valence-corrected chi connectivity index (χ2v) is 8.34. The van der Waals surface area contributed by atoms with Crippen LogP contribution in [-0.4, -0.2) is 68.4 Å². The van der Waals surface area contributed by atoms with E-state index in [1.54, 1.807) is 36.3 Å². The minimum atomic E-state index is -0.00151. The van der Waals surface area contributed by atoms with Crippen LogP contribution in [0.3, 0.4) is 0 Å². The van der Waals surface area contributed by atoms with Gasteiger partial charge in [0.2, 0.25) is 5.95 Å². The van der Waals surface area contributed by atoms with Gasteiger partial charge in [0.05, 0.1) is 24.4 Å². The number of hydrogen-bond acceptors (Lipinski definition) is 7. The van der Waals surface area contributed by atoms with Gasteiger partial charge in [-0.2, -0.15) is 5.26 Å². The van der Waals surface area contributed by atoms with Gasteiger partial charge in [0.15, 0.2) is 0 Å². The minimum Gasteiger partial charge on any atom is -0.412 e. The van der Waals surface area contributed by atoms with Crippen molar-refractivity contribution < 1.29 is 15.0 Å². The predicted octanol–water partition coefficient (Wildman–Crippen LogP) is 2.72. The average molecular weight is 475 g/mol. The molecule has 4 aromatic rings. The van der Waals surface area contributed by atoms with Crippen LogP contribution >= 0.6 is 11.8 Å². The van der Waals surface area contributed by atoms with E-state index in [0.29, 0.717) is 49.2 Å². The van der Waals surface area contributed by atoms with Crippen LogP contribution in [0, 0.1) is 11.3 Å². The predicted molar refractivity (Wildman–Crippen MR) is 129 cm³/mol. The quantitative estimate of drug-likeness (QED) is 0.416. The summed E-state index contributed by atoms with van der Waals surface area (Å²) in [6.07, 6.45) is 7.39. The van der Waals surface area contributed by atoms with E-state index in [0.717, 1.165) is 21.4 Å². The normalized spacial score (nSPS) is 13.4. The summed E-state index contributed by atoms with van der Waals surface area (Å²) in [7, 11) is 0. The van der Waals surface area contributed by atoms with Crippen molar-refractivity contribution in [2.75, 3.05) is 32.6 Å². The van der Waals surface area contributed by atoms with Crippen molar-refractivity contribution >= 4 is 28.6 Å². The van der Waals surface area contributed by atoms with Crippen molar-refractivity contribution in [3.8, 4) is 23.3 Å². The Bertz CT molecular complexity index is 1370. The number of pyridine rings is 1. The van der Waals surface area contributed by atoms with E-state index in [9.17, 15) is 4.79 Å². The molecular weight excluding hydrogens is 452 g/mol. The molecule has 10 heteroatoms. The summed E-state index contributed by atoms with van der Waals surface area (Å²) < 4.78 is 7.27. The first-order valence-corrected chi connectivity index (χ1v) is 11.7. The molecule has 1 aromatic carbocycles.